The lowest BCUT2D eigenvalue weighted by Crippen LogP contribution is -2.36. The molecule has 0 bridgehead atoms. The van der Waals surface area contributed by atoms with Gasteiger partial charge in [0.2, 0.25) is 5.91 Å². The Morgan fingerprint density at radius 2 is 1.65 bits per heavy atom. The van der Waals surface area contributed by atoms with E-state index in [0.29, 0.717) is 13.0 Å². The van der Waals surface area contributed by atoms with Crippen molar-refractivity contribution in [2.24, 2.45) is 5.92 Å². The molecule has 0 aliphatic rings. The summed E-state index contributed by atoms with van der Waals surface area (Å²) in [6.07, 6.45) is 0.101. The average Bonchev–Trinajstić information content (AvgIpc) is 2.54. The SMILES string of the molecule is Cc1ccc(C[C@H](CC(=O)[O-])C(=O)NCc2ccccc2)cc1. The van der Waals surface area contributed by atoms with E-state index in [1.807, 2.05) is 61.5 Å². The van der Waals surface area contributed by atoms with Crippen molar-refractivity contribution in [2.45, 2.75) is 26.3 Å². The highest BCUT2D eigenvalue weighted by Crippen LogP contribution is 2.14. The Bertz CT molecular complexity index is 650. The molecule has 0 spiro atoms. The summed E-state index contributed by atoms with van der Waals surface area (Å²) in [5.41, 5.74) is 3.04. The van der Waals surface area contributed by atoms with Crippen LogP contribution in [-0.2, 0) is 22.6 Å². The molecule has 2 rings (SSSR count). The molecule has 4 nitrogen and oxygen atoms in total. The number of carboxylic acids is 1. The van der Waals surface area contributed by atoms with Gasteiger partial charge in [-0.25, -0.2) is 0 Å². The number of amides is 1. The molecule has 1 atom stereocenters. The number of carbonyl (C=O) groups is 2. The highest BCUT2D eigenvalue weighted by Gasteiger charge is 2.19. The second-order valence-corrected chi connectivity index (χ2v) is 5.67. The Morgan fingerprint density at radius 1 is 1.00 bits per heavy atom. The third-order valence-electron chi connectivity index (χ3n) is 3.70. The van der Waals surface area contributed by atoms with Gasteiger partial charge < -0.3 is 15.2 Å². The average molecular weight is 310 g/mol. The van der Waals surface area contributed by atoms with Gasteiger partial charge in [-0.3, -0.25) is 4.79 Å². The number of hydrogen-bond donors (Lipinski definition) is 1. The summed E-state index contributed by atoms with van der Waals surface area (Å²) in [5.74, 6) is -2.11. The van der Waals surface area contributed by atoms with E-state index in [1.165, 1.54) is 0 Å². The first kappa shape index (κ1) is 16.7. The van der Waals surface area contributed by atoms with Gasteiger partial charge in [-0.15, -0.1) is 0 Å². The molecular formula is C19H20NO3-. The fourth-order valence-electron chi connectivity index (χ4n) is 2.40. The van der Waals surface area contributed by atoms with Gasteiger partial charge in [0.1, 0.15) is 0 Å². The summed E-state index contributed by atoms with van der Waals surface area (Å²) in [4.78, 5) is 23.3. The lowest BCUT2D eigenvalue weighted by Gasteiger charge is -2.17. The lowest BCUT2D eigenvalue weighted by atomic mass is 9.94. The minimum Gasteiger partial charge on any atom is -0.550 e. The van der Waals surface area contributed by atoms with Gasteiger partial charge in [-0.2, -0.15) is 0 Å². The van der Waals surface area contributed by atoms with Gasteiger partial charge >= 0.3 is 0 Å². The number of aryl methyl sites for hydroxylation is 1. The molecule has 0 saturated heterocycles. The van der Waals surface area contributed by atoms with Gasteiger partial charge in [0.05, 0.1) is 0 Å². The lowest BCUT2D eigenvalue weighted by molar-refractivity contribution is -0.306. The molecular weight excluding hydrogens is 290 g/mol. The molecule has 1 amide bonds. The molecule has 0 aromatic heterocycles. The van der Waals surface area contributed by atoms with E-state index < -0.39 is 11.9 Å². The van der Waals surface area contributed by atoms with Gasteiger partial charge in [0.15, 0.2) is 0 Å². The monoisotopic (exact) mass is 310 g/mol. The first-order valence-electron chi connectivity index (χ1n) is 7.61. The van der Waals surface area contributed by atoms with E-state index in [0.717, 1.165) is 16.7 Å². The topological polar surface area (TPSA) is 69.2 Å². The Hall–Kier alpha value is -2.62. The van der Waals surface area contributed by atoms with E-state index >= 15 is 0 Å². The minimum absolute atomic E-state index is 0.265. The van der Waals surface area contributed by atoms with Crippen molar-refractivity contribution in [2.75, 3.05) is 0 Å². The van der Waals surface area contributed by atoms with Crippen molar-refractivity contribution in [3.63, 3.8) is 0 Å². The normalized spacial score (nSPS) is 11.7. The van der Waals surface area contributed by atoms with Crippen molar-refractivity contribution in [1.82, 2.24) is 5.32 Å². The fourth-order valence-corrected chi connectivity index (χ4v) is 2.40. The Balaban J connectivity index is 2.00. The van der Waals surface area contributed by atoms with E-state index in [1.54, 1.807) is 0 Å². The maximum absolute atomic E-state index is 12.3. The van der Waals surface area contributed by atoms with Crippen LogP contribution in [0.3, 0.4) is 0 Å². The standard InChI is InChI=1S/C19H21NO3/c1-14-7-9-15(10-8-14)11-17(12-18(21)22)19(23)20-13-16-5-3-2-4-6-16/h2-10,17H,11-13H2,1H3,(H,20,23)(H,21,22)/p-1/t17-/m1/s1. The second-order valence-electron chi connectivity index (χ2n) is 5.67. The number of carbonyl (C=O) groups excluding carboxylic acids is 2. The van der Waals surface area contributed by atoms with Crippen molar-refractivity contribution in [1.29, 1.82) is 0 Å². The molecule has 23 heavy (non-hydrogen) atoms. The second kappa shape index (κ2) is 8.13. The smallest absolute Gasteiger partial charge is 0.224 e. The maximum Gasteiger partial charge on any atom is 0.224 e. The summed E-state index contributed by atoms with van der Waals surface area (Å²) >= 11 is 0. The summed E-state index contributed by atoms with van der Waals surface area (Å²) in [6.45, 7) is 2.37. The zero-order chi connectivity index (χ0) is 16.7. The number of hydrogen-bond acceptors (Lipinski definition) is 3. The molecule has 0 fully saturated rings. The molecule has 0 aliphatic heterocycles. The van der Waals surface area contributed by atoms with Gasteiger partial charge in [0.25, 0.3) is 0 Å². The summed E-state index contributed by atoms with van der Waals surface area (Å²) < 4.78 is 0. The van der Waals surface area contributed by atoms with Crippen LogP contribution in [0.5, 0.6) is 0 Å². The van der Waals surface area contributed by atoms with Crippen molar-refractivity contribution < 1.29 is 14.7 Å². The number of aliphatic carboxylic acids is 1. The van der Waals surface area contributed by atoms with E-state index in [-0.39, 0.29) is 12.3 Å². The zero-order valence-electron chi connectivity index (χ0n) is 13.1. The number of nitrogens with one attached hydrogen (secondary N) is 1. The maximum atomic E-state index is 12.3. The van der Waals surface area contributed by atoms with Crippen LogP contribution in [0.2, 0.25) is 0 Å². The third kappa shape index (κ3) is 5.58. The molecule has 120 valence electrons. The number of carboxylic acid groups (broad SMARTS) is 1. The highest BCUT2D eigenvalue weighted by atomic mass is 16.4. The van der Waals surface area contributed by atoms with Crippen LogP contribution >= 0.6 is 0 Å². The molecule has 4 heteroatoms. The molecule has 2 aromatic rings. The van der Waals surface area contributed by atoms with Crippen LogP contribution in [0.25, 0.3) is 0 Å². The van der Waals surface area contributed by atoms with Crippen molar-refractivity contribution >= 4 is 11.9 Å². The van der Waals surface area contributed by atoms with Crippen molar-refractivity contribution in [3.05, 3.63) is 71.3 Å². The Kier molecular flexibility index (Phi) is 5.92. The van der Waals surface area contributed by atoms with E-state index in [2.05, 4.69) is 5.32 Å². The van der Waals surface area contributed by atoms with Crippen LogP contribution in [-0.4, -0.2) is 11.9 Å². The fraction of sp³-hybridized carbons (Fsp3) is 0.263. The van der Waals surface area contributed by atoms with Gasteiger partial charge in [-0.05, 0) is 30.9 Å². The molecule has 0 aliphatic carbocycles. The quantitative estimate of drug-likeness (QED) is 0.844. The molecule has 0 saturated carbocycles. The molecule has 1 N–H and O–H groups in total. The van der Waals surface area contributed by atoms with E-state index in [4.69, 9.17) is 0 Å². The van der Waals surface area contributed by atoms with Crippen LogP contribution < -0.4 is 10.4 Å². The first-order chi connectivity index (χ1) is 11.0. The highest BCUT2D eigenvalue weighted by molar-refractivity contribution is 5.83. The van der Waals surface area contributed by atoms with Crippen LogP contribution in [0, 0.1) is 12.8 Å². The van der Waals surface area contributed by atoms with E-state index in [9.17, 15) is 14.7 Å². The molecule has 0 radical (unpaired) electrons. The molecule has 0 heterocycles. The zero-order valence-corrected chi connectivity index (χ0v) is 13.1. The Labute approximate surface area is 136 Å². The van der Waals surface area contributed by atoms with Crippen molar-refractivity contribution in [3.8, 4) is 0 Å². The number of rotatable bonds is 7. The summed E-state index contributed by atoms with van der Waals surface area (Å²) in [6, 6.07) is 17.3. The van der Waals surface area contributed by atoms with Crippen LogP contribution in [0.1, 0.15) is 23.1 Å². The van der Waals surface area contributed by atoms with Gasteiger partial charge in [-0.1, -0.05) is 60.2 Å². The van der Waals surface area contributed by atoms with Crippen LogP contribution in [0.4, 0.5) is 0 Å². The van der Waals surface area contributed by atoms with Crippen LogP contribution in [0.15, 0.2) is 54.6 Å². The number of benzene rings is 2. The Morgan fingerprint density at radius 3 is 2.26 bits per heavy atom. The predicted molar refractivity (Wildman–Crippen MR) is 86.3 cm³/mol. The summed E-state index contributed by atoms with van der Waals surface area (Å²) in [5, 5.41) is 13.7. The first-order valence-corrected chi connectivity index (χ1v) is 7.61. The third-order valence-corrected chi connectivity index (χ3v) is 3.70. The summed E-state index contributed by atoms with van der Waals surface area (Å²) in [7, 11) is 0. The predicted octanol–water partition coefficient (Wildman–Crippen LogP) is 1.61. The molecule has 0 unspecified atom stereocenters. The minimum atomic E-state index is -1.21. The van der Waals surface area contributed by atoms with Gasteiger partial charge in [0, 0.05) is 18.4 Å². The molecule has 2 aromatic carbocycles. The largest absolute Gasteiger partial charge is 0.550 e.